The number of allylic oxidation sites excluding steroid dienone is 2. The van der Waals surface area contributed by atoms with Gasteiger partial charge in [0.2, 0.25) is 0 Å². The van der Waals surface area contributed by atoms with E-state index in [-0.39, 0.29) is 41.0 Å². The maximum Gasteiger partial charge on any atom is 0.270 e. The summed E-state index contributed by atoms with van der Waals surface area (Å²) < 4.78 is 13.3. The number of rotatable bonds is 2. The highest BCUT2D eigenvalue weighted by Gasteiger charge is 2.67. The Kier molecular flexibility index (Phi) is 2.62. The van der Waals surface area contributed by atoms with Crippen LogP contribution in [-0.2, 0) is 9.59 Å². The minimum Gasteiger partial charge on any atom is -0.272 e. The summed E-state index contributed by atoms with van der Waals surface area (Å²) in [5, 5.41) is 0.861. The first-order valence-electron chi connectivity index (χ1n) is 8.19. The van der Waals surface area contributed by atoms with Gasteiger partial charge in [-0.3, -0.25) is 19.8 Å². The molecule has 1 aliphatic heterocycles. The second-order valence-electron chi connectivity index (χ2n) is 7.12. The lowest BCUT2D eigenvalue weighted by molar-refractivity contribution is -0.143. The molecular weight excluding hydrogens is 311 g/mol. The van der Waals surface area contributed by atoms with Crippen LogP contribution in [0.5, 0.6) is 0 Å². The first kappa shape index (κ1) is 13.9. The molecule has 0 radical (unpaired) electrons. The second kappa shape index (κ2) is 4.53. The molecule has 6 rings (SSSR count). The van der Waals surface area contributed by atoms with Crippen molar-refractivity contribution in [2.24, 2.45) is 35.5 Å². The van der Waals surface area contributed by atoms with E-state index in [4.69, 9.17) is 0 Å². The van der Waals surface area contributed by atoms with E-state index >= 15 is 0 Å². The van der Waals surface area contributed by atoms with Crippen LogP contribution in [0.2, 0.25) is 0 Å². The molecule has 1 aromatic rings. The molecule has 1 heterocycles. The Bertz CT molecular complexity index is 784. The van der Waals surface area contributed by atoms with Gasteiger partial charge in [0.15, 0.2) is 0 Å². The molecule has 5 aliphatic rings. The van der Waals surface area contributed by atoms with E-state index in [1.807, 2.05) is 0 Å². The van der Waals surface area contributed by atoms with Crippen LogP contribution in [-0.4, -0.2) is 22.7 Å². The third-order valence-electron chi connectivity index (χ3n) is 5.96. The highest BCUT2D eigenvalue weighted by molar-refractivity contribution is 6.08. The number of nitrogens with one attached hydrogen (secondary N) is 1. The van der Waals surface area contributed by atoms with Crippen molar-refractivity contribution in [3.63, 3.8) is 0 Å². The lowest BCUT2D eigenvalue weighted by atomic mass is 9.63. The molecule has 1 N–H and O–H groups in total. The first-order valence-corrected chi connectivity index (χ1v) is 8.19. The zero-order chi connectivity index (χ0) is 16.6. The van der Waals surface area contributed by atoms with E-state index in [2.05, 4.69) is 17.6 Å². The average Bonchev–Trinajstić information content (AvgIpc) is 3.36. The quantitative estimate of drug-likeness (QED) is 0.662. The molecule has 3 amide bonds. The molecule has 6 unspecified atom stereocenters. The van der Waals surface area contributed by atoms with E-state index < -0.39 is 11.7 Å². The van der Waals surface area contributed by atoms with E-state index in [9.17, 15) is 18.8 Å². The highest BCUT2D eigenvalue weighted by atomic mass is 19.1. The highest BCUT2D eigenvalue weighted by Crippen LogP contribution is 2.65. The van der Waals surface area contributed by atoms with Gasteiger partial charge in [0.1, 0.15) is 5.82 Å². The number of carbonyl (C=O) groups is 3. The fourth-order valence-corrected chi connectivity index (χ4v) is 4.86. The van der Waals surface area contributed by atoms with Crippen LogP contribution in [0.4, 0.5) is 4.39 Å². The molecule has 0 spiro atoms. The Morgan fingerprint density at radius 1 is 1.08 bits per heavy atom. The molecule has 6 heteroatoms. The lowest BCUT2D eigenvalue weighted by Gasteiger charge is -2.37. The molecule has 6 atom stereocenters. The third kappa shape index (κ3) is 1.71. The largest absolute Gasteiger partial charge is 0.272 e. The van der Waals surface area contributed by atoms with E-state index in [0.717, 1.165) is 17.5 Å². The Morgan fingerprint density at radius 3 is 2.29 bits per heavy atom. The molecule has 1 saturated heterocycles. The van der Waals surface area contributed by atoms with Crippen molar-refractivity contribution in [1.29, 1.82) is 0 Å². The van der Waals surface area contributed by atoms with Gasteiger partial charge in [-0.2, -0.15) is 5.01 Å². The van der Waals surface area contributed by atoms with Crippen molar-refractivity contribution in [1.82, 2.24) is 10.4 Å². The predicted molar refractivity (Wildman–Crippen MR) is 80.4 cm³/mol. The zero-order valence-corrected chi connectivity index (χ0v) is 12.7. The van der Waals surface area contributed by atoms with Crippen LogP contribution >= 0.6 is 0 Å². The van der Waals surface area contributed by atoms with Gasteiger partial charge in [0.05, 0.1) is 11.8 Å². The van der Waals surface area contributed by atoms with Gasteiger partial charge in [-0.15, -0.1) is 0 Å². The van der Waals surface area contributed by atoms with Crippen molar-refractivity contribution >= 4 is 17.7 Å². The van der Waals surface area contributed by atoms with Gasteiger partial charge in [-0.25, -0.2) is 4.39 Å². The molecule has 5 nitrogen and oxygen atoms in total. The number of halogens is 1. The van der Waals surface area contributed by atoms with Gasteiger partial charge in [0.25, 0.3) is 17.7 Å². The standard InChI is InChI=1S/C18H15FN2O3/c19-9-3-1-2-8(6-9)16(22)20-21-17(23)14-10-4-5-11(13-7-12(10)13)15(14)18(21)24/h1-6,10-15H,7H2,(H,20,22). The fraction of sp³-hybridized carbons (Fsp3) is 0.389. The predicted octanol–water partition coefficient (Wildman–Crippen LogP) is 1.52. The Labute approximate surface area is 137 Å². The summed E-state index contributed by atoms with van der Waals surface area (Å²) in [7, 11) is 0. The number of amides is 3. The van der Waals surface area contributed by atoms with Crippen LogP contribution in [0.3, 0.4) is 0 Å². The minimum absolute atomic E-state index is 0.0782. The molecule has 2 saturated carbocycles. The summed E-state index contributed by atoms with van der Waals surface area (Å²) in [6.07, 6.45) is 5.23. The van der Waals surface area contributed by atoms with E-state index in [0.29, 0.717) is 11.8 Å². The van der Waals surface area contributed by atoms with Crippen LogP contribution in [0.25, 0.3) is 0 Å². The smallest absolute Gasteiger partial charge is 0.270 e. The second-order valence-corrected chi connectivity index (χ2v) is 7.12. The van der Waals surface area contributed by atoms with Crippen LogP contribution < -0.4 is 5.43 Å². The molecule has 4 aliphatic carbocycles. The van der Waals surface area contributed by atoms with E-state index in [1.165, 1.54) is 18.2 Å². The van der Waals surface area contributed by atoms with Gasteiger partial charge >= 0.3 is 0 Å². The normalized spacial score (nSPS) is 38.1. The van der Waals surface area contributed by atoms with E-state index in [1.54, 1.807) is 0 Å². The fourth-order valence-electron chi connectivity index (χ4n) is 4.86. The number of nitrogens with zero attached hydrogens (tertiary/aromatic N) is 1. The molecule has 2 bridgehead atoms. The van der Waals surface area contributed by atoms with Gasteiger partial charge < -0.3 is 0 Å². The van der Waals surface area contributed by atoms with Crippen molar-refractivity contribution in [2.45, 2.75) is 6.42 Å². The molecular formula is C18H15FN2O3. The SMILES string of the molecule is O=C(NN1C(=O)C2C3C=CC(C4CC34)C2C1=O)c1cccc(F)c1. The van der Waals surface area contributed by atoms with Crippen molar-refractivity contribution in [3.05, 3.63) is 47.8 Å². The maximum absolute atomic E-state index is 13.3. The summed E-state index contributed by atoms with van der Waals surface area (Å²) in [6.45, 7) is 0. The Balaban J connectivity index is 1.41. The zero-order valence-electron chi connectivity index (χ0n) is 12.7. The van der Waals surface area contributed by atoms with Gasteiger partial charge in [0, 0.05) is 5.56 Å². The average molecular weight is 326 g/mol. The number of hydrogen-bond acceptors (Lipinski definition) is 3. The van der Waals surface area contributed by atoms with Gasteiger partial charge in [-0.05, 0) is 48.3 Å². The summed E-state index contributed by atoms with van der Waals surface area (Å²) in [5.41, 5.74) is 2.46. The molecule has 24 heavy (non-hydrogen) atoms. The van der Waals surface area contributed by atoms with Crippen LogP contribution in [0, 0.1) is 41.3 Å². The number of hydrazine groups is 1. The minimum atomic E-state index is -0.652. The third-order valence-corrected chi connectivity index (χ3v) is 5.96. The van der Waals surface area contributed by atoms with Crippen molar-refractivity contribution < 1.29 is 18.8 Å². The number of carbonyl (C=O) groups excluding carboxylic acids is 3. The Hall–Kier alpha value is -2.50. The summed E-state index contributed by atoms with van der Waals surface area (Å²) in [6, 6.07) is 5.16. The van der Waals surface area contributed by atoms with Crippen LogP contribution in [0.1, 0.15) is 16.8 Å². The topological polar surface area (TPSA) is 66.5 Å². The maximum atomic E-state index is 13.3. The molecule has 1 aromatic carbocycles. The van der Waals surface area contributed by atoms with Crippen LogP contribution in [0.15, 0.2) is 36.4 Å². The molecule has 3 fully saturated rings. The number of imide groups is 1. The summed E-state index contributed by atoms with van der Waals surface area (Å²) in [4.78, 5) is 37.7. The van der Waals surface area contributed by atoms with Crippen molar-refractivity contribution in [2.75, 3.05) is 0 Å². The summed E-state index contributed by atoms with van der Waals surface area (Å²) in [5.74, 6) is -1.34. The van der Waals surface area contributed by atoms with Gasteiger partial charge in [-0.1, -0.05) is 18.2 Å². The summed E-state index contributed by atoms with van der Waals surface area (Å²) >= 11 is 0. The number of hydrogen-bond donors (Lipinski definition) is 1. The van der Waals surface area contributed by atoms with Crippen molar-refractivity contribution in [3.8, 4) is 0 Å². The number of benzene rings is 1. The first-order chi connectivity index (χ1) is 11.6. The monoisotopic (exact) mass is 326 g/mol. The molecule has 122 valence electrons. The lowest BCUT2D eigenvalue weighted by Crippen LogP contribution is -2.46. The Morgan fingerprint density at radius 2 is 1.71 bits per heavy atom. The molecule has 0 aromatic heterocycles.